The molecule has 2 heterocycles. The van der Waals surface area contributed by atoms with Crippen LogP contribution in [0.4, 0.5) is 8.78 Å². The van der Waals surface area contributed by atoms with Gasteiger partial charge in [0.2, 0.25) is 0 Å². The predicted molar refractivity (Wildman–Crippen MR) is 94.1 cm³/mol. The maximum Gasteiger partial charge on any atom is 0.254 e. The van der Waals surface area contributed by atoms with Crippen molar-refractivity contribution in [3.63, 3.8) is 0 Å². The van der Waals surface area contributed by atoms with E-state index >= 15 is 0 Å². The Labute approximate surface area is 154 Å². The number of hydrogen-bond acceptors (Lipinski definition) is 3. The number of nitrogens with zero attached hydrogens (tertiary/aromatic N) is 3. The number of aromatic nitrogens is 2. The fourth-order valence-corrected chi connectivity index (χ4v) is 3.06. The minimum absolute atomic E-state index is 0.139. The SMILES string of the molecule is O=C(c1ccc(F)cc1)N1CCn2nc(COc3cccc(F)c3)cc2C1. The lowest BCUT2D eigenvalue weighted by molar-refractivity contribution is 0.0706. The van der Waals surface area contributed by atoms with Gasteiger partial charge in [-0.25, -0.2) is 8.78 Å². The zero-order valence-electron chi connectivity index (χ0n) is 14.4. The van der Waals surface area contributed by atoms with Gasteiger partial charge < -0.3 is 9.64 Å². The first kappa shape index (κ1) is 17.2. The Balaban J connectivity index is 1.42. The van der Waals surface area contributed by atoms with Gasteiger partial charge in [0.05, 0.1) is 18.8 Å². The molecule has 0 bridgehead atoms. The van der Waals surface area contributed by atoms with E-state index in [1.165, 1.54) is 36.4 Å². The molecule has 0 radical (unpaired) electrons. The summed E-state index contributed by atoms with van der Waals surface area (Å²) in [6.07, 6.45) is 0. The second-order valence-corrected chi connectivity index (χ2v) is 6.33. The number of fused-ring (bicyclic) bond motifs is 1. The van der Waals surface area contributed by atoms with E-state index in [2.05, 4.69) is 5.10 Å². The summed E-state index contributed by atoms with van der Waals surface area (Å²) in [5.74, 6) is -0.424. The monoisotopic (exact) mass is 369 g/mol. The minimum Gasteiger partial charge on any atom is -0.487 e. The van der Waals surface area contributed by atoms with Crippen molar-refractivity contribution >= 4 is 5.91 Å². The molecule has 3 aromatic rings. The van der Waals surface area contributed by atoms with Gasteiger partial charge in [0.1, 0.15) is 29.7 Å². The van der Waals surface area contributed by atoms with Gasteiger partial charge in [-0.1, -0.05) is 6.07 Å². The third-order valence-corrected chi connectivity index (χ3v) is 4.41. The van der Waals surface area contributed by atoms with Crippen LogP contribution in [-0.2, 0) is 19.7 Å². The van der Waals surface area contributed by atoms with E-state index in [0.717, 1.165) is 5.69 Å². The molecule has 1 aromatic heterocycles. The lowest BCUT2D eigenvalue weighted by Crippen LogP contribution is -2.38. The molecule has 0 saturated heterocycles. The summed E-state index contributed by atoms with van der Waals surface area (Å²) < 4.78 is 33.7. The zero-order chi connectivity index (χ0) is 18.8. The molecule has 2 aromatic carbocycles. The third-order valence-electron chi connectivity index (χ3n) is 4.41. The van der Waals surface area contributed by atoms with Crippen molar-refractivity contribution < 1.29 is 18.3 Å². The van der Waals surface area contributed by atoms with Crippen molar-refractivity contribution in [2.45, 2.75) is 19.7 Å². The van der Waals surface area contributed by atoms with Crippen LogP contribution >= 0.6 is 0 Å². The molecule has 0 N–H and O–H groups in total. The number of amides is 1. The summed E-state index contributed by atoms with van der Waals surface area (Å²) in [7, 11) is 0. The molecule has 1 aliphatic rings. The summed E-state index contributed by atoms with van der Waals surface area (Å²) in [6.45, 7) is 1.73. The van der Waals surface area contributed by atoms with Crippen LogP contribution < -0.4 is 4.74 Å². The number of hydrogen-bond donors (Lipinski definition) is 0. The highest BCUT2D eigenvalue weighted by atomic mass is 19.1. The van der Waals surface area contributed by atoms with E-state index in [1.54, 1.807) is 17.0 Å². The van der Waals surface area contributed by atoms with Crippen LogP contribution in [0.5, 0.6) is 5.75 Å². The average Bonchev–Trinajstić information content (AvgIpc) is 3.08. The molecule has 138 valence electrons. The molecule has 0 spiro atoms. The topological polar surface area (TPSA) is 47.4 Å². The van der Waals surface area contributed by atoms with Crippen LogP contribution in [0.25, 0.3) is 0 Å². The Bertz CT molecular complexity index is 970. The lowest BCUT2D eigenvalue weighted by Gasteiger charge is -2.27. The molecule has 4 rings (SSSR count). The standard InChI is InChI=1S/C20H17F2N3O2/c21-15-6-4-14(5-7-15)20(26)24-8-9-25-18(12-24)11-17(23-25)13-27-19-3-1-2-16(22)10-19/h1-7,10-11H,8-9,12-13H2. The Morgan fingerprint density at radius 2 is 1.85 bits per heavy atom. The van der Waals surface area contributed by atoms with E-state index in [4.69, 9.17) is 4.74 Å². The van der Waals surface area contributed by atoms with Gasteiger partial charge in [-0.15, -0.1) is 0 Å². The van der Waals surface area contributed by atoms with Crippen molar-refractivity contribution in [1.29, 1.82) is 0 Å². The molecule has 5 nitrogen and oxygen atoms in total. The first-order chi connectivity index (χ1) is 13.1. The van der Waals surface area contributed by atoms with E-state index in [0.29, 0.717) is 36.6 Å². The largest absolute Gasteiger partial charge is 0.487 e. The minimum atomic E-state index is -0.369. The fraction of sp³-hybridized carbons (Fsp3) is 0.200. The number of benzene rings is 2. The Morgan fingerprint density at radius 3 is 2.63 bits per heavy atom. The number of ether oxygens (including phenoxy) is 1. The summed E-state index contributed by atoms with van der Waals surface area (Å²) in [6, 6.07) is 13.4. The molecule has 27 heavy (non-hydrogen) atoms. The summed E-state index contributed by atoms with van der Waals surface area (Å²) in [5, 5.41) is 4.48. The highest BCUT2D eigenvalue weighted by molar-refractivity contribution is 5.94. The maximum atomic E-state index is 13.2. The van der Waals surface area contributed by atoms with Gasteiger partial charge in [0.15, 0.2) is 0 Å². The Hall–Kier alpha value is -3.22. The van der Waals surface area contributed by atoms with Crippen LogP contribution in [0, 0.1) is 11.6 Å². The Kier molecular flexibility index (Phi) is 4.58. The maximum absolute atomic E-state index is 13.2. The van der Waals surface area contributed by atoms with E-state index in [9.17, 15) is 13.6 Å². The van der Waals surface area contributed by atoms with Gasteiger partial charge >= 0.3 is 0 Å². The van der Waals surface area contributed by atoms with E-state index in [1.807, 2.05) is 10.7 Å². The normalized spacial score (nSPS) is 13.3. The smallest absolute Gasteiger partial charge is 0.254 e. The fourth-order valence-electron chi connectivity index (χ4n) is 3.06. The Morgan fingerprint density at radius 1 is 1.04 bits per heavy atom. The van der Waals surface area contributed by atoms with Crippen molar-refractivity contribution in [3.05, 3.63) is 83.2 Å². The van der Waals surface area contributed by atoms with Crippen molar-refractivity contribution in [3.8, 4) is 5.75 Å². The van der Waals surface area contributed by atoms with Crippen LogP contribution in [0.15, 0.2) is 54.6 Å². The zero-order valence-corrected chi connectivity index (χ0v) is 14.4. The van der Waals surface area contributed by atoms with Crippen LogP contribution in [-0.4, -0.2) is 27.1 Å². The number of carbonyl (C=O) groups excluding carboxylic acids is 1. The highest BCUT2D eigenvalue weighted by Gasteiger charge is 2.23. The molecule has 0 saturated carbocycles. The number of carbonyl (C=O) groups is 1. The average molecular weight is 369 g/mol. The molecule has 0 aliphatic carbocycles. The van der Waals surface area contributed by atoms with Gasteiger partial charge in [0, 0.05) is 18.2 Å². The quantitative estimate of drug-likeness (QED) is 0.708. The van der Waals surface area contributed by atoms with Gasteiger partial charge in [-0.3, -0.25) is 9.48 Å². The molecule has 0 atom stereocenters. The third kappa shape index (κ3) is 3.81. The molecule has 1 amide bonds. The van der Waals surface area contributed by atoms with Crippen molar-refractivity contribution in [2.75, 3.05) is 6.54 Å². The van der Waals surface area contributed by atoms with Crippen LogP contribution in [0.1, 0.15) is 21.7 Å². The first-order valence-electron chi connectivity index (χ1n) is 8.57. The van der Waals surface area contributed by atoms with Gasteiger partial charge in [-0.05, 0) is 42.5 Å². The molecule has 0 unspecified atom stereocenters. The molecule has 0 fully saturated rings. The van der Waals surface area contributed by atoms with Crippen LogP contribution in [0.3, 0.4) is 0 Å². The van der Waals surface area contributed by atoms with Gasteiger partial charge in [0.25, 0.3) is 5.91 Å². The predicted octanol–water partition coefficient (Wildman–Crippen LogP) is 3.40. The van der Waals surface area contributed by atoms with Crippen LogP contribution in [0.2, 0.25) is 0 Å². The van der Waals surface area contributed by atoms with E-state index in [-0.39, 0.29) is 24.1 Å². The summed E-state index contributed by atoms with van der Waals surface area (Å²) in [4.78, 5) is 14.3. The second kappa shape index (κ2) is 7.19. The first-order valence-corrected chi connectivity index (χ1v) is 8.57. The van der Waals surface area contributed by atoms with Crippen molar-refractivity contribution in [2.24, 2.45) is 0 Å². The second-order valence-electron chi connectivity index (χ2n) is 6.33. The number of rotatable bonds is 4. The molecule has 7 heteroatoms. The van der Waals surface area contributed by atoms with Crippen molar-refractivity contribution in [1.82, 2.24) is 14.7 Å². The number of halogens is 2. The van der Waals surface area contributed by atoms with Gasteiger partial charge in [-0.2, -0.15) is 5.10 Å². The summed E-state index contributed by atoms with van der Waals surface area (Å²) in [5.41, 5.74) is 2.07. The van der Waals surface area contributed by atoms with E-state index < -0.39 is 0 Å². The lowest BCUT2D eigenvalue weighted by atomic mass is 10.1. The molecular weight excluding hydrogens is 352 g/mol. The molecule has 1 aliphatic heterocycles. The molecular formula is C20H17F2N3O2. The highest BCUT2D eigenvalue weighted by Crippen LogP contribution is 2.19. The summed E-state index contributed by atoms with van der Waals surface area (Å²) >= 11 is 0.